The van der Waals surface area contributed by atoms with Gasteiger partial charge in [0, 0.05) is 31.9 Å². The third kappa shape index (κ3) is 3.17. The maximum Gasteiger partial charge on any atom is 0.274 e. The minimum Gasteiger partial charge on any atom is -0.341 e. The Bertz CT molecular complexity index is 973. The number of fused-ring (bicyclic) bond motifs is 1. The van der Waals surface area contributed by atoms with E-state index < -0.39 is 0 Å². The number of aryl methyl sites for hydroxylation is 2. The van der Waals surface area contributed by atoms with Gasteiger partial charge in [-0.25, -0.2) is 9.67 Å². The lowest BCUT2D eigenvalue weighted by Crippen LogP contribution is -2.33. The predicted molar refractivity (Wildman–Crippen MR) is 95.3 cm³/mol. The predicted octanol–water partition coefficient (Wildman–Crippen LogP) is 1.94. The molecule has 1 atom stereocenters. The van der Waals surface area contributed by atoms with E-state index in [2.05, 4.69) is 22.3 Å². The smallest absolute Gasteiger partial charge is 0.274 e. The number of nitrogens with one attached hydrogen (secondary N) is 1. The Balaban J connectivity index is 2.01. The second-order valence-electron chi connectivity index (χ2n) is 6.03. The summed E-state index contributed by atoms with van der Waals surface area (Å²) in [4.78, 5) is 29.5. The first-order chi connectivity index (χ1) is 12.0. The van der Waals surface area contributed by atoms with Crippen LogP contribution in [0.15, 0.2) is 41.5 Å². The van der Waals surface area contributed by atoms with Crippen molar-refractivity contribution in [3.8, 4) is 0 Å². The third-order valence-corrected chi connectivity index (χ3v) is 4.22. The number of amides is 1. The van der Waals surface area contributed by atoms with Crippen LogP contribution in [0.2, 0.25) is 0 Å². The van der Waals surface area contributed by atoms with Crippen molar-refractivity contribution in [2.75, 3.05) is 0 Å². The normalized spacial score (nSPS) is 12.3. The Labute approximate surface area is 145 Å². The fourth-order valence-electron chi connectivity index (χ4n) is 2.96. The summed E-state index contributed by atoms with van der Waals surface area (Å²) in [5.41, 5.74) is 0.0226. The maximum atomic E-state index is 12.9. The van der Waals surface area contributed by atoms with Gasteiger partial charge in [-0.2, -0.15) is 5.10 Å². The lowest BCUT2D eigenvalue weighted by atomic mass is 10.1. The van der Waals surface area contributed by atoms with Crippen LogP contribution in [0, 0.1) is 0 Å². The average molecular weight is 339 g/mol. The van der Waals surface area contributed by atoms with Gasteiger partial charge in [0.15, 0.2) is 5.69 Å². The van der Waals surface area contributed by atoms with E-state index in [9.17, 15) is 9.59 Å². The van der Waals surface area contributed by atoms with E-state index >= 15 is 0 Å². The van der Waals surface area contributed by atoms with Gasteiger partial charge < -0.3 is 9.88 Å². The second kappa shape index (κ2) is 6.88. The molecule has 7 nitrogen and oxygen atoms in total. The van der Waals surface area contributed by atoms with Gasteiger partial charge in [0.2, 0.25) is 0 Å². The Morgan fingerprint density at radius 2 is 1.96 bits per heavy atom. The Kier molecular flexibility index (Phi) is 4.65. The van der Waals surface area contributed by atoms with Crippen LogP contribution in [0.5, 0.6) is 0 Å². The van der Waals surface area contributed by atoms with Crippen LogP contribution < -0.4 is 10.9 Å². The molecule has 130 valence electrons. The van der Waals surface area contributed by atoms with Crippen molar-refractivity contribution >= 4 is 16.7 Å². The number of benzene rings is 1. The van der Waals surface area contributed by atoms with E-state index in [1.54, 1.807) is 37.5 Å². The van der Waals surface area contributed by atoms with Crippen molar-refractivity contribution in [2.45, 2.75) is 25.8 Å². The minimum absolute atomic E-state index is 0.213. The zero-order valence-electron chi connectivity index (χ0n) is 14.6. The highest BCUT2D eigenvalue weighted by Gasteiger charge is 2.22. The molecule has 0 spiro atoms. The van der Waals surface area contributed by atoms with Crippen LogP contribution in [-0.2, 0) is 14.1 Å². The molecule has 0 aliphatic carbocycles. The number of nitrogens with zero attached hydrogens (tertiary/aromatic N) is 4. The van der Waals surface area contributed by atoms with E-state index in [1.807, 2.05) is 17.8 Å². The van der Waals surface area contributed by atoms with E-state index in [0.717, 1.165) is 18.7 Å². The first-order valence-electron chi connectivity index (χ1n) is 8.27. The number of carbonyl (C=O) groups excluding carboxylic acids is 1. The van der Waals surface area contributed by atoms with Crippen LogP contribution >= 0.6 is 0 Å². The molecule has 25 heavy (non-hydrogen) atoms. The largest absolute Gasteiger partial charge is 0.341 e. The lowest BCUT2D eigenvalue weighted by Gasteiger charge is -2.18. The number of aromatic nitrogens is 4. The summed E-state index contributed by atoms with van der Waals surface area (Å²) < 4.78 is 3.10. The molecule has 1 N–H and O–H groups in total. The fraction of sp³-hybridized carbons (Fsp3) is 0.333. The summed E-state index contributed by atoms with van der Waals surface area (Å²) in [5, 5.41) is 8.23. The summed E-state index contributed by atoms with van der Waals surface area (Å²) in [7, 11) is 3.45. The summed E-state index contributed by atoms with van der Waals surface area (Å²) in [6.07, 6.45) is 5.23. The monoisotopic (exact) mass is 339 g/mol. The maximum absolute atomic E-state index is 12.9. The molecule has 0 aliphatic rings. The fourth-order valence-corrected chi connectivity index (χ4v) is 2.96. The van der Waals surface area contributed by atoms with Gasteiger partial charge >= 0.3 is 0 Å². The van der Waals surface area contributed by atoms with E-state index in [0.29, 0.717) is 10.8 Å². The number of carbonyl (C=O) groups is 1. The molecule has 1 aromatic carbocycles. The third-order valence-electron chi connectivity index (χ3n) is 4.22. The van der Waals surface area contributed by atoms with Crippen LogP contribution in [-0.4, -0.2) is 25.2 Å². The Morgan fingerprint density at radius 3 is 2.60 bits per heavy atom. The highest BCUT2D eigenvalue weighted by molar-refractivity contribution is 6.04. The van der Waals surface area contributed by atoms with Crippen molar-refractivity contribution in [1.82, 2.24) is 24.6 Å². The van der Waals surface area contributed by atoms with Crippen LogP contribution in [0.1, 0.15) is 42.1 Å². The highest BCUT2D eigenvalue weighted by atomic mass is 16.2. The SMILES string of the molecule is CCC[C@H](NC(=O)c1nn(C)c(=O)c2ccccc12)c1nccn1C. The zero-order valence-corrected chi connectivity index (χ0v) is 14.6. The van der Waals surface area contributed by atoms with Crippen LogP contribution in [0.3, 0.4) is 0 Å². The van der Waals surface area contributed by atoms with Crippen molar-refractivity contribution in [3.05, 3.63) is 58.5 Å². The molecule has 7 heteroatoms. The summed E-state index contributed by atoms with van der Waals surface area (Å²) in [6.45, 7) is 2.06. The molecule has 3 aromatic rings. The second-order valence-corrected chi connectivity index (χ2v) is 6.03. The first-order valence-corrected chi connectivity index (χ1v) is 8.27. The summed E-state index contributed by atoms with van der Waals surface area (Å²) >= 11 is 0. The van der Waals surface area contributed by atoms with E-state index in [1.165, 1.54) is 4.68 Å². The minimum atomic E-state index is -0.312. The number of imidazole rings is 1. The molecule has 2 heterocycles. The topological polar surface area (TPSA) is 81.8 Å². The van der Waals surface area contributed by atoms with Crippen molar-refractivity contribution in [2.24, 2.45) is 14.1 Å². The molecule has 1 amide bonds. The highest BCUT2D eigenvalue weighted by Crippen LogP contribution is 2.19. The molecule has 0 aliphatic heterocycles. The number of hydrogen-bond acceptors (Lipinski definition) is 4. The molecule has 2 aromatic heterocycles. The van der Waals surface area contributed by atoms with E-state index in [4.69, 9.17) is 0 Å². The van der Waals surface area contributed by atoms with Gasteiger partial charge in [0.25, 0.3) is 11.5 Å². The van der Waals surface area contributed by atoms with Gasteiger partial charge in [-0.1, -0.05) is 31.5 Å². The quantitative estimate of drug-likeness (QED) is 0.770. The summed E-state index contributed by atoms with van der Waals surface area (Å²) in [6, 6.07) is 6.81. The summed E-state index contributed by atoms with van der Waals surface area (Å²) in [5.74, 6) is 0.484. The lowest BCUT2D eigenvalue weighted by molar-refractivity contribution is 0.0926. The molecule has 0 fully saturated rings. The van der Waals surface area contributed by atoms with Gasteiger partial charge in [-0.3, -0.25) is 9.59 Å². The van der Waals surface area contributed by atoms with Crippen molar-refractivity contribution < 1.29 is 4.79 Å². The standard InChI is InChI=1S/C18H21N5O2/c1-4-7-14(16-19-10-11-22(16)2)20-17(24)15-12-8-5-6-9-13(12)18(25)23(3)21-15/h5-6,8-11,14H,4,7H2,1-3H3,(H,20,24)/t14-/m0/s1. The molecule has 0 unspecified atom stereocenters. The molecular formula is C18H21N5O2. The molecular weight excluding hydrogens is 318 g/mol. The van der Waals surface area contributed by atoms with Crippen LogP contribution in [0.25, 0.3) is 10.8 Å². The molecule has 3 rings (SSSR count). The molecule has 0 saturated carbocycles. The Hall–Kier alpha value is -2.96. The van der Waals surface area contributed by atoms with Gasteiger partial charge in [0.1, 0.15) is 5.82 Å². The average Bonchev–Trinajstić information content (AvgIpc) is 3.03. The first kappa shape index (κ1) is 16.9. The number of rotatable bonds is 5. The zero-order chi connectivity index (χ0) is 18.0. The number of hydrogen-bond donors (Lipinski definition) is 1. The van der Waals surface area contributed by atoms with Gasteiger partial charge in [0.05, 0.1) is 11.4 Å². The van der Waals surface area contributed by atoms with Gasteiger partial charge in [-0.15, -0.1) is 0 Å². The Morgan fingerprint density at radius 1 is 1.24 bits per heavy atom. The van der Waals surface area contributed by atoms with E-state index in [-0.39, 0.29) is 23.2 Å². The molecule has 0 radical (unpaired) electrons. The van der Waals surface area contributed by atoms with Crippen molar-refractivity contribution in [1.29, 1.82) is 0 Å². The van der Waals surface area contributed by atoms with Crippen LogP contribution in [0.4, 0.5) is 0 Å². The van der Waals surface area contributed by atoms with Crippen molar-refractivity contribution in [3.63, 3.8) is 0 Å². The molecule has 0 saturated heterocycles. The molecule has 0 bridgehead atoms. The van der Waals surface area contributed by atoms with Gasteiger partial charge in [-0.05, 0) is 12.5 Å².